The Balaban J connectivity index is 1.85. The third kappa shape index (κ3) is 5.47. The highest BCUT2D eigenvalue weighted by Gasteiger charge is 2.26. The minimum Gasteiger partial charge on any atom is -0.545 e. The molecule has 0 unspecified atom stereocenters. The van der Waals surface area contributed by atoms with Crippen molar-refractivity contribution < 1.29 is 29.0 Å². The van der Waals surface area contributed by atoms with E-state index in [0.29, 0.717) is 28.1 Å². The number of rotatable bonds is 7. The van der Waals surface area contributed by atoms with Gasteiger partial charge in [0.15, 0.2) is 16.6 Å². The molecule has 0 aromatic heterocycles. The van der Waals surface area contributed by atoms with Gasteiger partial charge in [0.2, 0.25) is 0 Å². The van der Waals surface area contributed by atoms with Gasteiger partial charge in [-0.15, -0.1) is 0 Å². The van der Waals surface area contributed by atoms with Crippen LogP contribution in [0, 0.1) is 0 Å². The molecule has 1 aliphatic heterocycles. The van der Waals surface area contributed by atoms with E-state index in [0.717, 1.165) is 5.56 Å². The average molecular weight is 504 g/mol. The maximum atomic E-state index is 12.1. The van der Waals surface area contributed by atoms with Crippen molar-refractivity contribution in [3.63, 3.8) is 0 Å². The van der Waals surface area contributed by atoms with Gasteiger partial charge in [-0.25, -0.2) is 0 Å². The number of benzene rings is 2. The van der Waals surface area contributed by atoms with Gasteiger partial charge in [0.1, 0.15) is 12.2 Å². The number of carboxylic acids is 1. The molecule has 0 atom stereocenters. The summed E-state index contributed by atoms with van der Waals surface area (Å²) in [5.74, 6) is -1.61. The lowest BCUT2D eigenvalue weighted by Crippen LogP contribution is -2.51. The van der Waals surface area contributed by atoms with Crippen LogP contribution in [0.3, 0.4) is 0 Å². The summed E-state index contributed by atoms with van der Waals surface area (Å²) in [6, 6.07) is 9.45. The molecule has 160 valence electrons. The van der Waals surface area contributed by atoms with Crippen LogP contribution in [-0.4, -0.2) is 29.5 Å². The highest BCUT2D eigenvalue weighted by Crippen LogP contribution is 2.38. The quantitative estimate of drug-likeness (QED) is 0.335. The molecule has 2 N–H and O–H groups in total. The number of aromatic carboxylic acids is 1. The number of hydrogen-bond donors (Lipinski definition) is 2. The van der Waals surface area contributed by atoms with Crippen molar-refractivity contribution in [2.24, 2.45) is 0 Å². The standard InChI is InChI=1S/C21H17BrN2O6S/c1-2-29-16-9-12(7-14-18(25)23-21(31)24-19(14)26)8-15(22)17(16)30-10-11-3-5-13(6-4-11)20(27)28/h3-9H,2,10H2,1H3,(H,27,28)(H2,23,24,25,26,31)/p-1. The summed E-state index contributed by atoms with van der Waals surface area (Å²) >= 11 is 8.23. The number of thiocarbonyl (C=S) groups is 1. The van der Waals surface area contributed by atoms with Gasteiger partial charge in [-0.3, -0.25) is 20.2 Å². The number of carbonyl (C=O) groups excluding carboxylic acids is 3. The van der Waals surface area contributed by atoms with Crippen molar-refractivity contribution in [2.45, 2.75) is 13.5 Å². The molecule has 1 aliphatic rings. The van der Waals surface area contributed by atoms with E-state index in [1.807, 2.05) is 6.92 Å². The maximum Gasteiger partial charge on any atom is 0.263 e. The molecule has 8 nitrogen and oxygen atoms in total. The van der Waals surface area contributed by atoms with Gasteiger partial charge in [0.05, 0.1) is 17.0 Å². The van der Waals surface area contributed by atoms with E-state index in [9.17, 15) is 19.5 Å². The second kappa shape index (κ2) is 9.71. The number of hydrogen-bond acceptors (Lipinski definition) is 7. The molecule has 31 heavy (non-hydrogen) atoms. The van der Waals surface area contributed by atoms with Crippen LogP contribution >= 0.6 is 28.1 Å². The predicted molar refractivity (Wildman–Crippen MR) is 117 cm³/mol. The van der Waals surface area contributed by atoms with E-state index in [1.54, 1.807) is 24.3 Å². The first-order valence-electron chi connectivity index (χ1n) is 9.06. The lowest BCUT2D eigenvalue weighted by molar-refractivity contribution is -0.255. The second-order valence-electron chi connectivity index (χ2n) is 6.33. The van der Waals surface area contributed by atoms with E-state index in [2.05, 4.69) is 26.6 Å². The second-order valence-corrected chi connectivity index (χ2v) is 7.59. The monoisotopic (exact) mass is 503 g/mol. The third-order valence-electron chi connectivity index (χ3n) is 4.16. The van der Waals surface area contributed by atoms with Crippen LogP contribution in [0.5, 0.6) is 11.5 Å². The summed E-state index contributed by atoms with van der Waals surface area (Å²) in [4.78, 5) is 35.0. The normalized spacial score (nSPS) is 13.4. The van der Waals surface area contributed by atoms with Gasteiger partial charge in [-0.1, -0.05) is 24.3 Å². The molecule has 0 radical (unpaired) electrons. The lowest BCUT2D eigenvalue weighted by atomic mass is 10.1. The van der Waals surface area contributed by atoms with Crippen molar-refractivity contribution in [1.29, 1.82) is 0 Å². The Kier molecular flexibility index (Phi) is 7.03. The number of halogens is 1. The molecule has 0 bridgehead atoms. The summed E-state index contributed by atoms with van der Waals surface area (Å²) in [6.07, 6.45) is 1.42. The summed E-state index contributed by atoms with van der Waals surface area (Å²) in [7, 11) is 0. The predicted octanol–water partition coefficient (Wildman–Crippen LogP) is 1.70. The van der Waals surface area contributed by atoms with Crippen molar-refractivity contribution in [3.05, 3.63) is 63.1 Å². The van der Waals surface area contributed by atoms with E-state index in [-0.39, 0.29) is 22.9 Å². The Bertz CT molecular complexity index is 1080. The number of amides is 2. The zero-order valence-electron chi connectivity index (χ0n) is 16.2. The van der Waals surface area contributed by atoms with E-state index < -0.39 is 17.8 Å². The van der Waals surface area contributed by atoms with Crippen LogP contribution < -0.4 is 25.2 Å². The summed E-state index contributed by atoms with van der Waals surface area (Å²) in [6.45, 7) is 2.33. The molecule has 0 saturated carbocycles. The van der Waals surface area contributed by atoms with E-state index in [4.69, 9.17) is 21.7 Å². The Morgan fingerprint density at radius 3 is 2.35 bits per heavy atom. The van der Waals surface area contributed by atoms with Gasteiger partial charge in [0, 0.05) is 0 Å². The number of carbonyl (C=O) groups is 3. The van der Waals surface area contributed by atoms with Crippen molar-refractivity contribution >= 4 is 57.1 Å². The molecule has 2 aromatic rings. The molecule has 0 spiro atoms. The van der Waals surface area contributed by atoms with E-state index >= 15 is 0 Å². The minimum absolute atomic E-state index is 0.0419. The fourth-order valence-electron chi connectivity index (χ4n) is 2.74. The molecular formula is C21H16BrN2O6S-. The fourth-order valence-corrected chi connectivity index (χ4v) is 3.50. The molecule has 1 heterocycles. The molecule has 3 rings (SSSR count). The Morgan fingerprint density at radius 1 is 1.13 bits per heavy atom. The van der Waals surface area contributed by atoms with Crippen LogP contribution in [0.25, 0.3) is 6.08 Å². The van der Waals surface area contributed by atoms with Crippen LogP contribution in [0.15, 0.2) is 46.4 Å². The van der Waals surface area contributed by atoms with Gasteiger partial charge in [-0.2, -0.15) is 0 Å². The van der Waals surface area contributed by atoms with Crippen molar-refractivity contribution in [2.75, 3.05) is 6.61 Å². The highest BCUT2D eigenvalue weighted by atomic mass is 79.9. The summed E-state index contributed by atoms with van der Waals surface area (Å²) in [5.41, 5.74) is 1.27. The van der Waals surface area contributed by atoms with Gasteiger partial charge in [-0.05, 0) is 70.0 Å². The zero-order valence-corrected chi connectivity index (χ0v) is 18.6. The first-order chi connectivity index (χ1) is 14.8. The first kappa shape index (κ1) is 22.4. The molecule has 2 aromatic carbocycles. The number of ether oxygens (including phenoxy) is 2. The molecule has 1 saturated heterocycles. The maximum absolute atomic E-state index is 12.1. The minimum atomic E-state index is -1.25. The molecule has 1 fully saturated rings. The van der Waals surface area contributed by atoms with E-state index in [1.165, 1.54) is 18.2 Å². The Hall–Kier alpha value is -3.24. The molecule has 2 amide bonds. The summed E-state index contributed by atoms with van der Waals surface area (Å²) in [5, 5.41) is 15.6. The summed E-state index contributed by atoms with van der Waals surface area (Å²) < 4.78 is 12.1. The number of nitrogens with one attached hydrogen (secondary N) is 2. The third-order valence-corrected chi connectivity index (χ3v) is 4.95. The molecule has 0 aliphatic carbocycles. The molecule has 10 heteroatoms. The van der Waals surface area contributed by atoms with Crippen LogP contribution in [-0.2, 0) is 16.2 Å². The smallest absolute Gasteiger partial charge is 0.263 e. The SMILES string of the molecule is CCOc1cc(C=C2C(=O)NC(=S)NC2=O)cc(Br)c1OCc1ccc(C(=O)[O-])cc1. The zero-order chi connectivity index (χ0) is 22.5. The Labute approximate surface area is 191 Å². The fraction of sp³-hybridized carbons (Fsp3) is 0.143. The number of carboxylic acid groups (broad SMARTS) is 1. The highest BCUT2D eigenvalue weighted by molar-refractivity contribution is 9.10. The lowest BCUT2D eigenvalue weighted by Gasteiger charge is -2.17. The largest absolute Gasteiger partial charge is 0.545 e. The van der Waals surface area contributed by atoms with Crippen LogP contribution in [0.4, 0.5) is 0 Å². The first-order valence-corrected chi connectivity index (χ1v) is 10.3. The van der Waals surface area contributed by atoms with Crippen molar-refractivity contribution in [3.8, 4) is 11.5 Å². The van der Waals surface area contributed by atoms with Crippen LogP contribution in [0.1, 0.15) is 28.4 Å². The van der Waals surface area contributed by atoms with Gasteiger partial charge >= 0.3 is 0 Å². The van der Waals surface area contributed by atoms with Crippen LogP contribution in [0.2, 0.25) is 0 Å². The Morgan fingerprint density at radius 2 is 1.77 bits per heavy atom. The van der Waals surface area contributed by atoms with Gasteiger partial charge < -0.3 is 19.4 Å². The van der Waals surface area contributed by atoms with Gasteiger partial charge in [0.25, 0.3) is 11.8 Å². The topological polar surface area (TPSA) is 117 Å². The molecular weight excluding hydrogens is 488 g/mol. The average Bonchev–Trinajstić information content (AvgIpc) is 2.70. The van der Waals surface area contributed by atoms with Crippen molar-refractivity contribution in [1.82, 2.24) is 10.6 Å².